The molecule has 1 aliphatic carbocycles. The number of fused-ring (bicyclic) bond motifs is 1. The summed E-state index contributed by atoms with van der Waals surface area (Å²) in [6, 6.07) is 1.02. The van der Waals surface area contributed by atoms with Crippen LogP contribution in [0.25, 0.3) is 0 Å². The molecular weight excluding hydrogens is 110 g/mol. The molecule has 2 rings (SSSR count). The Morgan fingerprint density at radius 1 is 1.56 bits per heavy atom. The normalized spacial score (nSPS) is 42.3. The number of likely N-dealkylation sites (tertiary alicyclic amines) is 1. The molecule has 1 heteroatoms. The molecule has 2 unspecified atom stereocenters. The highest BCUT2D eigenvalue weighted by atomic mass is 15.2. The zero-order valence-corrected chi connectivity index (χ0v) is 6.14. The van der Waals surface area contributed by atoms with Crippen molar-refractivity contribution in [3.63, 3.8) is 0 Å². The van der Waals surface area contributed by atoms with Crippen molar-refractivity contribution in [3.8, 4) is 0 Å². The Balaban J connectivity index is 1.93. The van der Waals surface area contributed by atoms with Gasteiger partial charge >= 0.3 is 0 Å². The first-order chi connectivity index (χ1) is 4.42. The van der Waals surface area contributed by atoms with Gasteiger partial charge in [0.2, 0.25) is 0 Å². The minimum Gasteiger partial charge on any atom is -0.300 e. The van der Waals surface area contributed by atoms with Crippen molar-refractivity contribution < 1.29 is 0 Å². The van der Waals surface area contributed by atoms with Crippen LogP contribution in [0, 0.1) is 5.92 Å². The van der Waals surface area contributed by atoms with Crippen molar-refractivity contribution in [3.05, 3.63) is 0 Å². The number of nitrogens with zero attached hydrogens (tertiary/aromatic N) is 1. The van der Waals surface area contributed by atoms with E-state index in [1.807, 2.05) is 0 Å². The van der Waals surface area contributed by atoms with E-state index in [9.17, 15) is 0 Å². The summed E-state index contributed by atoms with van der Waals surface area (Å²) in [6.45, 7) is 4.93. The number of piperidine rings is 1. The second-order valence-corrected chi connectivity index (χ2v) is 3.33. The predicted octanol–water partition coefficient (Wildman–Crippen LogP) is 1.49. The minimum absolute atomic E-state index is 1.02. The lowest BCUT2D eigenvalue weighted by atomic mass is 10.1. The lowest BCUT2D eigenvalue weighted by Gasteiger charge is -2.24. The predicted molar refractivity (Wildman–Crippen MR) is 38.4 cm³/mol. The van der Waals surface area contributed by atoms with Crippen molar-refractivity contribution in [2.45, 2.75) is 32.2 Å². The molecule has 0 radical (unpaired) electrons. The van der Waals surface area contributed by atoms with Crippen LogP contribution in [0.15, 0.2) is 0 Å². The summed E-state index contributed by atoms with van der Waals surface area (Å²) in [6.07, 6.45) is 4.48. The summed E-state index contributed by atoms with van der Waals surface area (Å²) in [7, 11) is 0. The molecule has 0 aromatic rings. The Hall–Kier alpha value is -0.0400. The van der Waals surface area contributed by atoms with Gasteiger partial charge in [-0.1, -0.05) is 6.92 Å². The van der Waals surface area contributed by atoms with Crippen molar-refractivity contribution in [2.24, 2.45) is 5.92 Å². The highest BCUT2D eigenvalue weighted by molar-refractivity contribution is 4.97. The largest absolute Gasteiger partial charge is 0.300 e. The van der Waals surface area contributed by atoms with Crippen LogP contribution in [0.2, 0.25) is 0 Å². The highest BCUT2D eigenvalue weighted by Crippen LogP contribution is 2.42. The average Bonchev–Trinajstić information content (AvgIpc) is 2.64. The van der Waals surface area contributed by atoms with Crippen molar-refractivity contribution >= 4 is 0 Å². The summed E-state index contributed by atoms with van der Waals surface area (Å²) in [5.74, 6) is 1.11. The summed E-state index contributed by atoms with van der Waals surface area (Å²) < 4.78 is 0. The fraction of sp³-hybridized carbons (Fsp3) is 1.00. The standard InChI is InChI=1S/C8H15N/c1-2-9-5-3-4-7-6-8(7)9/h7-8H,2-6H2,1H3. The molecule has 52 valence electrons. The molecule has 1 aliphatic heterocycles. The van der Waals surface area contributed by atoms with Gasteiger partial charge in [0.25, 0.3) is 0 Å². The van der Waals surface area contributed by atoms with Crippen LogP contribution in [0.5, 0.6) is 0 Å². The van der Waals surface area contributed by atoms with Gasteiger partial charge in [0.15, 0.2) is 0 Å². The third kappa shape index (κ3) is 0.877. The molecule has 1 nitrogen and oxygen atoms in total. The second-order valence-electron chi connectivity index (χ2n) is 3.33. The second kappa shape index (κ2) is 1.98. The van der Waals surface area contributed by atoms with Crippen LogP contribution >= 0.6 is 0 Å². The summed E-state index contributed by atoms with van der Waals surface area (Å²) in [4.78, 5) is 2.63. The van der Waals surface area contributed by atoms with Crippen LogP contribution < -0.4 is 0 Å². The maximum absolute atomic E-state index is 2.63. The number of rotatable bonds is 1. The Labute approximate surface area is 57.0 Å². The van der Waals surface area contributed by atoms with Gasteiger partial charge in [-0.3, -0.25) is 0 Å². The molecule has 1 heterocycles. The van der Waals surface area contributed by atoms with Gasteiger partial charge in [-0.05, 0) is 38.3 Å². The van der Waals surface area contributed by atoms with Crippen molar-refractivity contribution in [1.82, 2.24) is 4.90 Å². The average molecular weight is 125 g/mol. The molecule has 0 aromatic heterocycles. The van der Waals surface area contributed by atoms with Gasteiger partial charge < -0.3 is 4.90 Å². The first-order valence-corrected chi connectivity index (χ1v) is 4.16. The molecule has 0 aromatic carbocycles. The number of hydrogen-bond acceptors (Lipinski definition) is 1. The summed E-state index contributed by atoms with van der Waals surface area (Å²) >= 11 is 0. The molecule has 2 aliphatic rings. The van der Waals surface area contributed by atoms with E-state index in [1.165, 1.54) is 32.4 Å². The maximum atomic E-state index is 2.63. The van der Waals surface area contributed by atoms with Gasteiger partial charge in [-0.2, -0.15) is 0 Å². The maximum Gasteiger partial charge on any atom is 0.0127 e. The molecule has 0 bridgehead atoms. The highest BCUT2D eigenvalue weighted by Gasteiger charge is 2.42. The quantitative estimate of drug-likeness (QED) is 0.513. The molecule has 9 heavy (non-hydrogen) atoms. The molecule has 2 fully saturated rings. The molecular formula is C8H15N. The zero-order chi connectivity index (χ0) is 6.27. The smallest absolute Gasteiger partial charge is 0.0127 e. The molecule has 1 saturated heterocycles. The van der Waals surface area contributed by atoms with E-state index in [0.717, 1.165) is 12.0 Å². The fourth-order valence-corrected chi connectivity index (χ4v) is 2.10. The Bertz CT molecular complexity index is 111. The van der Waals surface area contributed by atoms with Crippen LogP contribution in [0.1, 0.15) is 26.2 Å². The summed E-state index contributed by atoms with van der Waals surface area (Å²) in [5, 5.41) is 0. The van der Waals surface area contributed by atoms with Gasteiger partial charge in [-0.15, -0.1) is 0 Å². The topological polar surface area (TPSA) is 3.24 Å². The Morgan fingerprint density at radius 2 is 2.44 bits per heavy atom. The Morgan fingerprint density at radius 3 is 3.11 bits per heavy atom. The van der Waals surface area contributed by atoms with Gasteiger partial charge in [0.05, 0.1) is 0 Å². The van der Waals surface area contributed by atoms with E-state index in [0.29, 0.717) is 0 Å². The van der Waals surface area contributed by atoms with E-state index >= 15 is 0 Å². The van der Waals surface area contributed by atoms with Crippen LogP contribution in [-0.4, -0.2) is 24.0 Å². The monoisotopic (exact) mass is 125 g/mol. The third-order valence-electron chi connectivity index (χ3n) is 2.78. The third-order valence-corrected chi connectivity index (χ3v) is 2.78. The van der Waals surface area contributed by atoms with Crippen LogP contribution in [0.4, 0.5) is 0 Å². The zero-order valence-electron chi connectivity index (χ0n) is 6.14. The molecule has 0 N–H and O–H groups in total. The van der Waals surface area contributed by atoms with Gasteiger partial charge in [0, 0.05) is 6.04 Å². The fourth-order valence-electron chi connectivity index (χ4n) is 2.10. The van der Waals surface area contributed by atoms with Crippen molar-refractivity contribution in [1.29, 1.82) is 0 Å². The van der Waals surface area contributed by atoms with Crippen LogP contribution in [-0.2, 0) is 0 Å². The van der Waals surface area contributed by atoms with E-state index in [2.05, 4.69) is 11.8 Å². The molecule has 0 spiro atoms. The van der Waals surface area contributed by atoms with Gasteiger partial charge in [0.1, 0.15) is 0 Å². The Kier molecular flexibility index (Phi) is 1.26. The SMILES string of the molecule is CCN1CCCC2CC21. The lowest BCUT2D eigenvalue weighted by Crippen LogP contribution is -2.31. The molecule has 1 saturated carbocycles. The number of hydrogen-bond donors (Lipinski definition) is 0. The van der Waals surface area contributed by atoms with E-state index < -0.39 is 0 Å². The van der Waals surface area contributed by atoms with E-state index in [4.69, 9.17) is 0 Å². The lowest BCUT2D eigenvalue weighted by molar-refractivity contribution is 0.226. The van der Waals surface area contributed by atoms with Gasteiger partial charge in [-0.25, -0.2) is 0 Å². The molecule has 2 atom stereocenters. The van der Waals surface area contributed by atoms with Crippen molar-refractivity contribution in [2.75, 3.05) is 13.1 Å². The van der Waals surface area contributed by atoms with Crippen LogP contribution in [0.3, 0.4) is 0 Å². The molecule has 0 amide bonds. The summed E-state index contributed by atoms with van der Waals surface area (Å²) in [5.41, 5.74) is 0. The van der Waals surface area contributed by atoms with E-state index in [-0.39, 0.29) is 0 Å². The first kappa shape index (κ1) is 5.72. The first-order valence-electron chi connectivity index (χ1n) is 4.16. The van der Waals surface area contributed by atoms with E-state index in [1.54, 1.807) is 0 Å². The minimum atomic E-state index is 1.02.